The zero-order chi connectivity index (χ0) is 15.0. The molecular formula is C15H21NO4. The molecule has 0 bridgehead atoms. The number of carbonyl (C=O) groups is 2. The number of para-hydroxylation sites is 1. The molecule has 20 heavy (non-hydrogen) atoms. The normalized spacial score (nSPS) is 11.7. The van der Waals surface area contributed by atoms with Gasteiger partial charge < -0.3 is 14.7 Å². The predicted molar refractivity (Wildman–Crippen MR) is 75.7 cm³/mol. The molecule has 5 heteroatoms. The number of nitrogens with zero attached hydrogens (tertiary/aromatic N) is 1. The van der Waals surface area contributed by atoms with E-state index in [1.54, 1.807) is 12.1 Å². The molecule has 5 nitrogen and oxygen atoms in total. The van der Waals surface area contributed by atoms with Crippen LogP contribution in [0.4, 0.5) is 0 Å². The fourth-order valence-corrected chi connectivity index (χ4v) is 1.88. The van der Waals surface area contributed by atoms with Crippen LogP contribution in [-0.2, 0) is 9.59 Å². The second kappa shape index (κ2) is 8.19. The van der Waals surface area contributed by atoms with Crippen molar-refractivity contribution in [3.8, 4) is 5.75 Å². The summed E-state index contributed by atoms with van der Waals surface area (Å²) in [6, 6.07) is 9.07. The first-order valence-corrected chi connectivity index (χ1v) is 6.80. The SMILES string of the molecule is CCCN(CC(=O)O)C(=O)C(CC)Oc1ccccc1. The Bertz CT molecular complexity index is 433. The molecule has 0 spiro atoms. The van der Waals surface area contributed by atoms with Crippen LogP contribution in [0.1, 0.15) is 26.7 Å². The quantitative estimate of drug-likeness (QED) is 0.792. The van der Waals surface area contributed by atoms with Gasteiger partial charge in [0, 0.05) is 6.54 Å². The first-order chi connectivity index (χ1) is 9.58. The Kier molecular flexibility index (Phi) is 6.56. The molecule has 1 aromatic carbocycles. The van der Waals surface area contributed by atoms with Crippen molar-refractivity contribution in [1.29, 1.82) is 0 Å². The second-order valence-electron chi connectivity index (χ2n) is 4.48. The Morgan fingerprint density at radius 3 is 2.40 bits per heavy atom. The molecule has 1 N–H and O–H groups in total. The van der Waals surface area contributed by atoms with Gasteiger partial charge in [0.1, 0.15) is 12.3 Å². The van der Waals surface area contributed by atoms with Gasteiger partial charge in [-0.2, -0.15) is 0 Å². The van der Waals surface area contributed by atoms with Crippen molar-refractivity contribution in [3.05, 3.63) is 30.3 Å². The van der Waals surface area contributed by atoms with E-state index in [-0.39, 0.29) is 12.5 Å². The maximum absolute atomic E-state index is 12.3. The molecule has 0 saturated heterocycles. The first-order valence-electron chi connectivity index (χ1n) is 6.80. The van der Waals surface area contributed by atoms with Gasteiger partial charge in [-0.3, -0.25) is 9.59 Å². The molecule has 0 heterocycles. The smallest absolute Gasteiger partial charge is 0.323 e. The van der Waals surface area contributed by atoms with Crippen LogP contribution < -0.4 is 4.74 Å². The van der Waals surface area contributed by atoms with Crippen LogP contribution in [0.15, 0.2) is 30.3 Å². The molecule has 0 aliphatic rings. The second-order valence-corrected chi connectivity index (χ2v) is 4.48. The van der Waals surface area contributed by atoms with Crippen LogP contribution in [0.3, 0.4) is 0 Å². The van der Waals surface area contributed by atoms with Crippen LogP contribution in [0, 0.1) is 0 Å². The molecule has 0 aliphatic heterocycles. The summed E-state index contributed by atoms with van der Waals surface area (Å²) in [6.45, 7) is 3.87. The van der Waals surface area contributed by atoms with Crippen molar-refractivity contribution >= 4 is 11.9 Å². The van der Waals surface area contributed by atoms with Gasteiger partial charge in [-0.1, -0.05) is 32.0 Å². The Balaban J connectivity index is 2.75. The lowest BCUT2D eigenvalue weighted by Crippen LogP contribution is -2.44. The summed E-state index contributed by atoms with van der Waals surface area (Å²) >= 11 is 0. The Morgan fingerprint density at radius 1 is 1.25 bits per heavy atom. The minimum absolute atomic E-state index is 0.277. The zero-order valence-corrected chi connectivity index (χ0v) is 11.9. The van der Waals surface area contributed by atoms with Gasteiger partial charge in [-0.25, -0.2) is 0 Å². The van der Waals surface area contributed by atoms with Crippen molar-refractivity contribution < 1.29 is 19.4 Å². The van der Waals surface area contributed by atoms with Crippen molar-refractivity contribution in [2.75, 3.05) is 13.1 Å². The van der Waals surface area contributed by atoms with Crippen LogP contribution in [0.5, 0.6) is 5.75 Å². The van der Waals surface area contributed by atoms with Crippen LogP contribution in [0.25, 0.3) is 0 Å². The van der Waals surface area contributed by atoms with Crippen molar-refractivity contribution in [3.63, 3.8) is 0 Å². The van der Waals surface area contributed by atoms with E-state index >= 15 is 0 Å². The first kappa shape index (κ1) is 16.0. The summed E-state index contributed by atoms with van der Waals surface area (Å²) in [5, 5.41) is 8.87. The van der Waals surface area contributed by atoms with Gasteiger partial charge in [-0.05, 0) is 25.0 Å². The van der Waals surface area contributed by atoms with Gasteiger partial charge in [-0.15, -0.1) is 0 Å². The number of rotatable bonds is 8. The molecule has 0 aliphatic carbocycles. The summed E-state index contributed by atoms with van der Waals surface area (Å²) in [7, 11) is 0. The number of amides is 1. The molecule has 1 aromatic rings. The van der Waals surface area contributed by atoms with Crippen molar-refractivity contribution in [2.45, 2.75) is 32.8 Å². The number of hydrogen-bond donors (Lipinski definition) is 1. The number of carboxylic acids is 1. The standard InChI is InChI=1S/C15H21NO4/c1-3-10-16(11-14(17)18)15(19)13(4-2)20-12-8-6-5-7-9-12/h5-9,13H,3-4,10-11H2,1-2H3,(H,17,18). The largest absolute Gasteiger partial charge is 0.481 e. The lowest BCUT2D eigenvalue weighted by atomic mass is 10.2. The minimum Gasteiger partial charge on any atom is -0.481 e. The van der Waals surface area contributed by atoms with Gasteiger partial charge in [0.2, 0.25) is 0 Å². The molecule has 1 atom stereocenters. The highest BCUT2D eigenvalue weighted by Gasteiger charge is 2.25. The number of aliphatic carboxylic acids is 1. The van der Waals surface area contributed by atoms with E-state index in [2.05, 4.69) is 0 Å². The fraction of sp³-hybridized carbons (Fsp3) is 0.467. The summed E-state index contributed by atoms with van der Waals surface area (Å²) in [4.78, 5) is 24.5. The molecule has 1 amide bonds. The number of ether oxygens (including phenoxy) is 1. The van der Waals surface area contributed by atoms with E-state index in [0.29, 0.717) is 25.1 Å². The third-order valence-corrected chi connectivity index (χ3v) is 2.80. The summed E-state index contributed by atoms with van der Waals surface area (Å²) in [5.41, 5.74) is 0. The Morgan fingerprint density at radius 2 is 1.90 bits per heavy atom. The summed E-state index contributed by atoms with van der Waals surface area (Å²) in [5.74, 6) is -0.679. The molecular weight excluding hydrogens is 258 g/mol. The fourth-order valence-electron chi connectivity index (χ4n) is 1.88. The highest BCUT2D eigenvalue weighted by Crippen LogP contribution is 2.14. The topological polar surface area (TPSA) is 66.8 Å². The Labute approximate surface area is 119 Å². The van der Waals surface area contributed by atoms with Crippen LogP contribution in [-0.4, -0.2) is 41.1 Å². The summed E-state index contributed by atoms with van der Waals surface area (Å²) in [6.07, 6.45) is 0.553. The molecule has 0 saturated carbocycles. The zero-order valence-electron chi connectivity index (χ0n) is 11.9. The van der Waals surface area contributed by atoms with E-state index in [0.717, 1.165) is 0 Å². The van der Waals surface area contributed by atoms with Gasteiger partial charge in [0.15, 0.2) is 6.10 Å². The van der Waals surface area contributed by atoms with E-state index in [4.69, 9.17) is 9.84 Å². The monoisotopic (exact) mass is 279 g/mol. The highest BCUT2D eigenvalue weighted by atomic mass is 16.5. The van der Waals surface area contributed by atoms with Crippen LogP contribution in [0.2, 0.25) is 0 Å². The van der Waals surface area contributed by atoms with Crippen molar-refractivity contribution in [2.24, 2.45) is 0 Å². The lowest BCUT2D eigenvalue weighted by Gasteiger charge is -2.25. The van der Waals surface area contributed by atoms with E-state index < -0.39 is 12.1 Å². The van der Waals surface area contributed by atoms with Gasteiger partial charge >= 0.3 is 5.97 Å². The minimum atomic E-state index is -1.01. The molecule has 110 valence electrons. The number of carbonyl (C=O) groups excluding carboxylic acids is 1. The Hall–Kier alpha value is -2.04. The number of hydrogen-bond acceptors (Lipinski definition) is 3. The molecule has 0 fully saturated rings. The number of benzene rings is 1. The third kappa shape index (κ3) is 4.91. The third-order valence-electron chi connectivity index (χ3n) is 2.80. The molecule has 0 radical (unpaired) electrons. The number of carboxylic acid groups (broad SMARTS) is 1. The molecule has 1 rings (SSSR count). The average Bonchev–Trinajstić information content (AvgIpc) is 2.44. The molecule has 1 unspecified atom stereocenters. The summed E-state index contributed by atoms with van der Waals surface area (Å²) < 4.78 is 5.65. The highest BCUT2D eigenvalue weighted by molar-refractivity contribution is 5.84. The maximum Gasteiger partial charge on any atom is 0.323 e. The maximum atomic E-state index is 12.3. The van der Waals surface area contributed by atoms with E-state index in [1.807, 2.05) is 32.0 Å². The average molecular weight is 279 g/mol. The van der Waals surface area contributed by atoms with E-state index in [1.165, 1.54) is 4.90 Å². The predicted octanol–water partition coefficient (Wildman–Crippen LogP) is 2.17. The lowest BCUT2D eigenvalue weighted by molar-refractivity contribution is -0.148. The van der Waals surface area contributed by atoms with Gasteiger partial charge in [0.25, 0.3) is 5.91 Å². The van der Waals surface area contributed by atoms with E-state index in [9.17, 15) is 9.59 Å². The van der Waals surface area contributed by atoms with Crippen LogP contribution >= 0.6 is 0 Å². The van der Waals surface area contributed by atoms with Gasteiger partial charge in [0.05, 0.1) is 0 Å². The van der Waals surface area contributed by atoms with Crippen molar-refractivity contribution in [1.82, 2.24) is 4.90 Å². The molecule has 0 aromatic heterocycles.